The van der Waals surface area contributed by atoms with Crippen molar-refractivity contribution in [1.82, 2.24) is 0 Å². The lowest BCUT2D eigenvalue weighted by atomic mass is 9.81. The van der Waals surface area contributed by atoms with Crippen LogP contribution in [0.5, 0.6) is 0 Å². The Morgan fingerprint density at radius 1 is 1.12 bits per heavy atom. The van der Waals surface area contributed by atoms with Gasteiger partial charge in [-0.1, -0.05) is 36.8 Å². The maximum absolute atomic E-state index is 13.1. The normalized spacial score (nSPS) is 29.1. The molecule has 1 aromatic carbocycles. The minimum absolute atomic E-state index is 0.000174. The van der Waals surface area contributed by atoms with E-state index in [4.69, 9.17) is 4.42 Å². The van der Waals surface area contributed by atoms with Crippen LogP contribution in [0.4, 0.5) is 0 Å². The molecule has 0 N–H and O–H groups in total. The summed E-state index contributed by atoms with van der Waals surface area (Å²) in [6, 6.07) is 9.21. The zero-order valence-corrected chi connectivity index (χ0v) is 14.6. The molecular weight excluding hydrogens is 320 g/mol. The zero-order chi connectivity index (χ0) is 16.8. The van der Waals surface area contributed by atoms with Crippen LogP contribution < -0.4 is 0 Å². The second-order valence-electron chi connectivity index (χ2n) is 6.89. The minimum Gasteiger partial charge on any atom is -0.460 e. The second-order valence-corrected chi connectivity index (χ2v) is 8.34. The zero-order valence-electron chi connectivity index (χ0n) is 13.8. The van der Waals surface area contributed by atoms with Crippen molar-refractivity contribution < 1.29 is 13.4 Å². The summed E-state index contributed by atoms with van der Waals surface area (Å²) in [7, 11) is -1.40. The molecular formula is C20H20O3S. The monoisotopic (exact) mass is 340 g/mol. The van der Waals surface area contributed by atoms with Crippen LogP contribution in [-0.4, -0.2) is 9.99 Å². The van der Waals surface area contributed by atoms with E-state index < -0.39 is 10.8 Å². The van der Waals surface area contributed by atoms with Gasteiger partial charge < -0.3 is 4.42 Å². The summed E-state index contributed by atoms with van der Waals surface area (Å²) in [6.45, 7) is 4.12. The molecule has 3 nitrogen and oxygen atoms in total. The Morgan fingerprint density at radius 2 is 1.83 bits per heavy atom. The van der Waals surface area contributed by atoms with Crippen molar-refractivity contribution in [2.24, 2.45) is 23.7 Å². The molecule has 4 rings (SSSR count). The first-order valence-corrected chi connectivity index (χ1v) is 9.49. The van der Waals surface area contributed by atoms with E-state index in [1.54, 1.807) is 6.07 Å². The number of carbonyl (C=O) groups excluding carboxylic acids is 1. The summed E-state index contributed by atoms with van der Waals surface area (Å²) in [6.07, 6.45) is 6.91. The summed E-state index contributed by atoms with van der Waals surface area (Å²) < 4.78 is 18.4. The highest BCUT2D eigenvalue weighted by atomic mass is 32.2. The van der Waals surface area contributed by atoms with Crippen LogP contribution in [0.15, 0.2) is 63.0 Å². The molecule has 0 spiro atoms. The molecule has 1 unspecified atom stereocenters. The van der Waals surface area contributed by atoms with E-state index in [-0.39, 0.29) is 17.5 Å². The Hall–Kier alpha value is -1.94. The predicted octanol–water partition coefficient (Wildman–Crippen LogP) is 4.40. The summed E-state index contributed by atoms with van der Waals surface area (Å²) >= 11 is 0. The molecule has 124 valence electrons. The van der Waals surface area contributed by atoms with Crippen molar-refractivity contribution in [2.75, 3.05) is 0 Å². The fourth-order valence-electron chi connectivity index (χ4n) is 4.07. The molecule has 2 aliphatic rings. The van der Waals surface area contributed by atoms with Gasteiger partial charge >= 0.3 is 0 Å². The molecule has 2 bridgehead atoms. The van der Waals surface area contributed by atoms with E-state index in [0.29, 0.717) is 27.5 Å². The fourth-order valence-corrected chi connectivity index (χ4v) is 5.20. The van der Waals surface area contributed by atoms with Gasteiger partial charge in [0.25, 0.3) is 0 Å². The Morgan fingerprint density at radius 3 is 2.50 bits per heavy atom. The number of hydrogen-bond acceptors (Lipinski definition) is 3. The van der Waals surface area contributed by atoms with Crippen LogP contribution in [0, 0.1) is 30.6 Å². The Kier molecular flexibility index (Phi) is 3.80. The molecule has 1 saturated carbocycles. The third-order valence-corrected chi connectivity index (χ3v) is 6.86. The standard InChI is InChI=1S/C20H20O3S/c1-12-3-7-16(8-4-12)24(22)17-9-10-23-20(17)19(21)18-13(2)14-5-6-15(18)11-14/h3-10,13-15,18H,11H2,1-2H3/t13-,14-,15+,18+,24?/m0/s1. The van der Waals surface area contributed by atoms with Crippen molar-refractivity contribution in [3.8, 4) is 0 Å². The largest absolute Gasteiger partial charge is 0.460 e. The van der Waals surface area contributed by atoms with Gasteiger partial charge in [0, 0.05) is 10.8 Å². The van der Waals surface area contributed by atoms with Crippen molar-refractivity contribution in [1.29, 1.82) is 0 Å². The molecule has 4 heteroatoms. The topological polar surface area (TPSA) is 47.3 Å². The first-order chi connectivity index (χ1) is 11.6. The lowest BCUT2D eigenvalue weighted by molar-refractivity contribution is 0.0832. The average Bonchev–Trinajstić information content (AvgIpc) is 3.30. The average molecular weight is 340 g/mol. The number of furan rings is 1. The molecule has 2 aliphatic carbocycles. The number of carbonyl (C=O) groups is 1. The van der Waals surface area contributed by atoms with Gasteiger partial charge in [-0.2, -0.15) is 0 Å². The maximum Gasteiger partial charge on any atom is 0.203 e. The maximum atomic E-state index is 13.1. The molecule has 0 amide bonds. The van der Waals surface area contributed by atoms with Gasteiger partial charge in [-0.25, -0.2) is 4.21 Å². The fraction of sp³-hybridized carbons (Fsp3) is 0.350. The molecule has 1 heterocycles. The van der Waals surface area contributed by atoms with Crippen molar-refractivity contribution in [2.45, 2.75) is 30.1 Å². The first-order valence-electron chi connectivity index (χ1n) is 8.34. The highest BCUT2D eigenvalue weighted by molar-refractivity contribution is 7.85. The smallest absolute Gasteiger partial charge is 0.203 e. The number of fused-ring (bicyclic) bond motifs is 2. The lowest BCUT2D eigenvalue weighted by Crippen LogP contribution is -2.26. The highest BCUT2D eigenvalue weighted by Gasteiger charge is 2.47. The van der Waals surface area contributed by atoms with Crippen LogP contribution in [0.3, 0.4) is 0 Å². The van der Waals surface area contributed by atoms with Crippen LogP contribution in [0.1, 0.15) is 29.5 Å². The van der Waals surface area contributed by atoms with E-state index in [1.807, 2.05) is 31.2 Å². The number of rotatable bonds is 4. The Bertz CT molecular complexity index is 831. The minimum atomic E-state index is -1.40. The van der Waals surface area contributed by atoms with Gasteiger partial charge in [-0.3, -0.25) is 4.79 Å². The van der Waals surface area contributed by atoms with Crippen molar-refractivity contribution in [3.05, 3.63) is 60.1 Å². The van der Waals surface area contributed by atoms with Gasteiger partial charge in [0.2, 0.25) is 5.78 Å². The summed E-state index contributed by atoms with van der Waals surface area (Å²) in [5, 5.41) is 0. The SMILES string of the molecule is Cc1ccc(S(=O)c2ccoc2C(=O)[C@@H]2[C@@H](C)[C@H]3C=C[C@@H]2C3)cc1. The number of ketones is 1. The van der Waals surface area contributed by atoms with E-state index in [1.165, 1.54) is 6.26 Å². The summed E-state index contributed by atoms with van der Waals surface area (Å²) in [5.74, 6) is 1.32. The third-order valence-electron chi connectivity index (χ3n) is 5.44. The van der Waals surface area contributed by atoms with Gasteiger partial charge in [0.15, 0.2) is 5.76 Å². The van der Waals surface area contributed by atoms with E-state index in [2.05, 4.69) is 19.1 Å². The predicted molar refractivity (Wildman–Crippen MR) is 92.3 cm³/mol. The Labute approximate surface area is 144 Å². The highest BCUT2D eigenvalue weighted by Crippen LogP contribution is 2.49. The number of Topliss-reactive ketones (excluding diaryl/α,β-unsaturated/α-hetero) is 1. The molecule has 1 aromatic heterocycles. The number of allylic oxidation sites excluding steroid dienone is 2. The Balaban J connectivity index is 1.65. The molecule has 0 aliphatic heterocycles. The third kappa shape index (κ3) is 2.40. The number of hydrogen-bond donors (Lipinski definition) is 0. The van der Waals surface area contributed by atoms with Crippen LogP contribution in [0.2, 0.25) is 0 Å². The molecule has 1 fully saturated rings. The quantitative estimate of drug-likeness (QED) is 0.612. The number of aryl methyl sites for hydroxylation is 1. The lowest BCUT2D eigenvalue weighted by Gasteiger charge is -2.22. The van der Waals surface area contributed by atoms with Crippen molar-refractivity contribution >= 4 is 16.6 Å². The molecule has 5 atom stereocenters. The van der Waals surface area contributed by atoms with Crippen LogP contribution in [-0.2, 0) is 10.8 Å². The van der Waals surface area contributed by atoms with Gasteiger partial charge in [0.1, 0.15) is 0 Å². The van der Waals surface area contributed by atoms with E-state index >= 15 is 0 Å². The molecule has 24 heavy (non-hydrogen) atoms. The van der Waals surface area contributed by atoms with Gasteiger partial charge in [-0.05, 0) is 49.3 Å². The van der Waals surface area contributed by atoms with Crippen LogP contribution in [0.25, 0.3) is 0 Å². The summed E-state index contributed by atoms with van der Waals surface area (Å²) in [5.41, 5.74) is 1.11. The van der Waals surface area contributed by atoms with Crippen molar-refractivity contribution in [3.63, 3.8) is 0 Å². The summed E-state index contributed by atoms with van der Waals surface area (Å²) in [4.78, 5) is 14.2. The number of benzene rings is 1. The second kappa shape index (κ2) is 5.85. The van der Waals surface area contributed by atoms with E-state index in [0.717, 1.165) is 12.0 Å². The van der Waals surface area contributed by atoms with Crippen LogP contribution >= 0.6 is 0 Å². The molecule has 0 radical (unpaired) electrons. The molecule has 2 aromatic rings. The van der Waals surface area contributed by atoms with E-state index in [9.17, 15) is 9.00 Å². The first kappa shape index (κ1) is 15.6. The van der Waals surface area contributed by atoms with Gasteiger partial charge in [0.05, 0.1) is 22.0 Å². The van der Waals surface area contributed by atoms with Gasteiger partial charge in [-0.15, -0.1) is 0 Å². The molecule has 0 saturated heterocycles.